The Hall–Kier alpha value is -1.35. The minimum absolute atomic E-state index is 0.178. The largest absolute Gasteiger partial charge is 0.383 e. The Kier molecular flexibility index (Phi) is 4.70. The Balaban J connectivity index is 2.46. The Morgan fingerprint density at radius 3 is 2.76 bits per heavy atom. The summed E-state index contributed by atoms with van der Waals surface area (Å²) in [6.45, 7) is 9.49. The van der Waals surface area contributed by atoms with Crippen LogP contribution in [0.1, 0.15) is 38.3 Å². The molecule has 0 aliphatic carbocycles. The van der Waals surface area contributed by atoms with Gasteiger partial charge < -0.3 is 11.1 Å². The van der Waals surface area contributed by atoms with Gasteiger partial charge in [-0.3, -0.25) is 0 Å². The van der Waals surface area contributed by atoms with Gasteiger partial charge in [-0.1, -0.05) is 12.2 Å². The highest BCUT2D eigenvalue weighted by atomic mass is 14.9. The molecule has 0 bridgehead atoms. The van der Waals surface area contributed by atoms with Crippen molar-refractivity contribution in [2.75, 3.05) is 12.3 Å². The lowest BCUT2D eigenvalue weighted by molar-refractivity contribution is 0.431. The molecule has 1 aromatic rings. The van der Waals surface area contributed by atoms with E-state index in [1.807, 2.05) is 13.0 Å². The maximum absolute atomic E-state index is 5.80. The van der Waals surface area contributed by atoms with E-state index in [0.717, 1.165) is 24.1 Å². The number of nitrogen functional groups attached to an aromatic ring is 1. The van der Waals surface area contributed by atoms with Gasteiger partial charge in [-0.05, 0) is 52.3 Å². The van der Waals surface area contributed by atoms with E-state index in [-0.39, 0.29) is 5.54 Å². The lowest BCUT2D eigenvalue weighted by Crippen LogP contribution is -2.36. The van der Waals surface area contributed by atoms with Crippen LogP contribution >= 0.6 is 0 Å². The highest BCUT2D eigenvalue weighted by molar-refractivity contribution is 5.61. The molecule has 0 fully saturated rings. The third-order valence-electron chi connectivity index (χ3n) is 2.35. The summed E-state index contributed by atoms with van der Waals surface area (Å²) in [4.78, 5) is 4.13. The number of hydrogen-bond donors (Lipinski definition) is 2. The van der Waals surface area contributed by atoms with Gasteiger partial charge in [0.25, 0.3) is 0 Å². The standard InChI is InChI=1S/C14H23N3/c1-11-9-12(13(15)16-10-11)7-5-6-8-17-14(2,3)4/h5,7,9-10,17H,6,8H2,1-4H3,(H2,15,16). The molecule has 3 nitrogen and oxygen atoms in total. The molecule has 0 saturated carbocycles. The topological polar surface area (TPSA) is 50.9 Å². The number of aryl methyl sites for hydroxylation is 1. The molecule has 0 aliphatic heterocycles. The number of hydrogen-bond acceptors (Lipinski definition) is 3. The zero-order chi connectivity index (χ0) is 12.9. The molecule has 0 unspecified atom stereocenters. The SMILES string of the molecule is Cc1cnc(N)c(C=CCCNC(C)(C)C)c1. The minimum Gasteiger partial charge on any atom is -0.383 e. The van der Waals surface area contributed by atoms with Gasteiger partial charge in [0.15, 0.2) is 0 Å². The van der Waals surface area contributed by atoms with Crippen LogP contribution in [0, 0.1) is 6.92 Å². The fourth-order valence-corrected chi connectivity index (χ4v) is 1.48. The summed E-state index contributed by atoms with van der Waals surface area (Å²) < 4.78 is 0. The van der Waals surface area contributed by atoms with Gasteiger partial charge in [-0.15, -0.1) is 0 Å². The molecule has 0 radical (unpaired) electrons. The molecule has 3 heteroatoms. The van der Waals surface area contributed by atoms with E-state index >= 15 is 0 Å². The monoisotopic (exact) mass is 233 g/mol. The van der Waals surface area contributed by atoms with Crippen LogP contribution in [0.2, 0.25) is 0 Å². The second-order valence-corrected chi connectivity index (χ2v) is 5.35. The maximum atomic E-state index is 5.80. The maximum Gasteiger partial charge on any atom is 0.130 e. The minimum atomic E-state index is 0.178. The van der Waals surface area contributed by atoms with Crippen molar-refractivity contribution in [1.29, 1.82) is 0 Å². The molecule has 0 amide bonds. The van der Waals surface area contributed by atoms with Crippen LogP contribution in [0.4, 0.5) is 5.82 Å². The average Bonchev–Trinajstić information content (AvgIpc) is 2.21. The Morgan fingerprint density at radius 2 is 2.12 bits per heavy atom. The molecule has 0 spiro atoms. The van der Waals surface area contributed by atoms with Crippen molar-refractivity contribution < 1.29 is 0 Å². The van der Waals surface area contributed by atoms with Crippen molar-refractivity contribution in [1.82, 2.24) is 10.3 Å². The molecule has 1 aromatic heterocycles. The molecule has 17 heavy (non-hydrogen) atoms. The van der Waals surface area contributed by atoms with Crippen molar-refractivity contribution >= 4 is 11.9 Å². The molecule has 0 aliphatic rings. The van der Waals surface area contributed by atoms with Crippen molar-refractivity contribution in [2.45, 2.75) is 39.7 Å². The van der Waals surface area contributed by atoms with E-state index in [2.05, 4.69) is 43.2 Å². The molecule has 1 rings (SSSR count). The number of aromatic nitrogens is 1. The number of nitrogens with two attached hydrogens (primary N) is 1. The molecule has 3 N–H and O–H groups in total. The van der Waals surface area contributed by atoms with Gasteiger partial charge in [0.2, 0.25) is 0 Å². The molecule has 94 valence electrons. The second kappa shape index (κ2) is 5.82. The predicted octanol–water partition coefficient (Wildman–Crippen LogP) is 2.76. The third kappa shape index (κ3) is 5.50. The Morgan fingerprint density at radius 1 is 1.41 bits per heavy atom. The highest BCUT2D eigenvalue weighted by Crippen LogP contribution is 2.12. The van der Waals surface area contributed by atoms with Gasteiger partial charge in [0, 0.05) is 17.3 Å². The summed E-state index contributed by atoms with van der Waals surface area (Å²) in [6.07, 6.45) is 6.95. The van der Waals surface area contributed by atoms with Crippen LogP contribution in [-0.2, 0) is 0 Å². The molecule has 0 saturated heterocycles. The van der Waals surface area contributed by atoms with Gasteiger partial charge >= 0.3 is 0 Å². The first-order valence-corrected chi connectivity index (χ1v) is 6.02. The first-order valence-electron chi connectivity index (χ1n) is 6.02. The number of rotatable bonds is 4. The molecule has 0 atom stereocenters. The quantitative estimate of drug-likeness (QED) is 0.786. The molecule has 0 aromatic carbocycles. The van der Waals surface area contributed by atoms with Crippen LogP contribution in [-0.4, -0.2) is 17.1 Å². The Bertz CT molecular complexity index is 389. The van der Waals surface area contributed by atoms with E-state index in [1.54, 1.807) is 6.20 Å². The van der Waals surface area contributed by atoms with Crippen LogP contribution in [0.3, 0.4) is 0 Å². The van der Waals surface area contributed by atoms with Gasteiger partial charge in [-0.25, -0.2) is 4.98 Å². The molecular formula is C14H23N3. The third-order valence-corrected chi connectivity index (χ3v) is 2.35. The van der Waals surface area contributed by atoms with E-state index in [1.165, 1.54) is 0 Å². The number of nitrogens with one attached hydrogen (secondary N) is 1. The van der Waals surface area contributed by atoms with Crippen molar-refractivity contribution in [3.05, 3.63) is 29.5 Å². The van der Waals surface area contributed by atoms with E-state index in [0.29, 0.717) is 5.82 Å². The van der Waals surface area contributed by atoms with Crippen molar-refractivity contribution in [2.24, 2.45) is 0 Å². The van der Waals surface area contributed by atoms with Gasteiger partial charge in [0.05, 0.1) is 0 Å². The van der Waals surface area contributed by atoms with Crippen molar-refractivity contribution in [3.8, 4) is 0 Å². The van der Waals surface area contributed by atoms with E-state index < -0.39 is 0 Å². The van der Waals surface area contributed by atoms with Crippen LogP contribution in [0.5, 0.6) is 0 Å². The van der Waals surface area contributed by atoms with E-state index in [9.17, 15) is 0 Å². The fraction of sp³-hybridized carbons (Fsp3) is 0.500. The fourth-order valence-electron chi connectivity index (χ4n) is 1.48. The summed E-state index contributed by atoms with van der Waals surface area (Å²) in [5.41, 5.74) is 8.11. The zero-order valence-electron chi connectivity index (χ0n) is 11.2. The number of pyridine rings is 1. The smallest absolute Gasteiger partial charge is 0.130 e. The van der Waals surface area contributed by atoms with E-state index in [4.69, 9.17) is 5.73 Å². The summed E-state index contributed by atoms with van der Waals surface area (Å²) in [7, 11) is 0. The second-order valence-electron chi connectivity index (χ2n) is 5.35. The zero-order valence-corrected chi connectivity index (χ0v) is 11.2. The Labute approximate surface area is 104 Å². The number of nitrogens with zero attached hydrogens (tertiary/aromatic N) is 1. The normalized spacial score (nSPS) is 12.2. The van der Waals surface area contributed by atoms with Gasteiger partial charge in [-0.2, -0.15) is 0 Å². The highest BCUT2D eigenvalue weighted by Gasteiger charge is 2.06. The summed E-state index contributed by atoms with van der Waals surface area (Å²) in [5, 5.41) is 3.44. The lowest BCUT2D eigenvalue weighted by atomic mass is 10.1. The van der Waals surface area contributed by atoms with Crippen molar-refractivity contribution in [3.63, 3.8) is 0 Å². The molecule has 1 heterocycles. The first-order chi connectivity index (χ1) is 7.88. The van der Waals surface area contributed by atoms with Crippen LogP contribution in [0.15, 0.2) is 18.3 Å². The average molecular weight is 233 g/mol. The molecular weight excluding hydrogens is 210 g/mol. The number of anilines is 1. The summed E-state index contributed by atoms with van der Waals surface area (Å²) in [5.74, 6) is 0.593. The summed E-state index contributed by atoms with van der Waals surface area (Å²) >= 11 is 0. The predicted molar refractivity (Wildman–Crippen MR) is 74.8 cm³/mol. The van der Waals surface area contributed by atoms with Crippen LogP contribution in [0.25, 0.3) is 6.08 Å². The van der Waals surface area contributed by atoms with Gasteiger partial charge in [0.1, 0.15) is 5.82 Å². The first kappa shape index (κ1) is 13.7. The lowest BCUT2D eigenvalue weighted by Gasteiger charge is -2.19. The summed E-state index contributed by atoms with van der Waals surface area (Å²) in [6, 6.07) is 2.05. The van der Waals surface area contributed by atoms with Crippen LogP contribution < -0.4 is 11.1 Å².